The second kappa shape index (κ2) is 6.96. The molecule has 1 aliphatic rings. The van der Waals surface area contributed by atoms with Crippen LogP contribution in [-0.2, 0) is 17.9 Å². The normalized spacial score (nSPS) is 17.5. The maximum absolute atomic E-state index is 9.08. The third-order valence-electron chi connectivity index (χ3n) is 3.40. The van der Waals surface area contributed by atoms with E-state index in [1.807, 2.05) is 0 Å². The summed E-state index contributed by atoms with van der Waals surface area (Å²) >= 11 is 1.49. The molecule has 0 radical (unpaired) electrons. The lowest BCUT2D eigenvalue weighted by Crippen LogP contribution is -2.45. The first kappa shape index (κ1) is 14.4. The summed E-state index contributed by atoms with van der Waals surface area (Å²) in [5, 5.41) is 10.1. The van der Waals surface area contributed by atoms with Crippen molar-refractivity contribution in [1.82, 2.24) is 14.8 Å². The standard InChI is InChI=1S/C13H20N4OS/c1-3-16-4-6-17(7-5-16)9-13-15-11(10-18-2)12(8-14)19-13/h3-7,9-10H2,1-2H3. The third kappa shape index (κ3) is 3.74. The molecule has 1 aromatic heterocycles. The summed E-state index contributed by atoms with van der Waals surface area (Å²) in [4.78, 5) is 10.1. The molecule has 19 heavy (non-hydrogen) atoms. The molecule has 2 heterocycles. The van der Waals surface area contributed by atoms with E-state index < -0.39 is 0 Å². The molecule has 104 valence electrons. The summed E-state index contributed by atoms with van der Waals surface area (Å²) in [5.74, 6) is 0. The minimum atomic E-state index is 0.420. The number of likely N-dealkylation sites (N-methyl/N-ethyl adjacent to an activating group) is 1. The maximum Gasteiger partial charge on any atom is 0.130 e. The predicted octanol–water partition coefficient (Wildman–Crippen LogP) is 1.30. The van der Waals surface area contributed by atoms with Gasteiger partial charge in [-0.25, -0.2) is 4.98 Å². The lowest BCUT2D eigenvalue weighted by Gasteiger charge is -2.33. The lowest BCUT2D eigenvalue weighted by atomic mass is 10.3. The molecule has 0 aromatic carbocycles. The van der Waals surface area contributed by atoms with E-state index >= 15 is 0 Å². The Kier molecular flexibility index (Phi) is 5.28. The number of rotatable bonds is 5. The SMILES string of the molecule is CCN1CCN(Cc2nc(COC)c(C#N)s2)CC1. The second-order valence-corrected chi connectivity index (χ2v) is 5.72. The average Bonchev–Trinajstić information content (AvgIpc) is 2.82. The number of hydrogen-bond acceptors (Lipinski definition) is 6. The molecule has 0 saturated carbocycles. The molecular weight excluding hydrogens is 260 g/mol. The van der Waals surface area contributed by atoms with Gasteiger partial charge in [-0.1, -0.05) is 6.92 Å². The summed E-state index contributed by atoms with van der Waals surface area (Å²) in [5.41, 5.74) is 0.775. The molecular formula is C13H20N4OS. The van der Waals surface area contributed by atoms with Crippen LogP contribution in [0.15, 0.2) is 0 Å². The van der Waals surface area contributed by atoms with Crippen molar-refractivity contribution < 1.29 is 4.74 Å². The molecule has 6 heteroatoms. The van der Waals surface area contributed by atoms with Crippen LogP contribution in [-0.4, -0.2) is 54.6 Å². The van der Waals surface area contributed by atoms with Gasteiger partial charge in [0.1, 0.15) is 16.0 Å². The number of piperazine rings is 1. The summed E-state index contributed by atoms with van der Waals surface area (Å²) in [7, 11) is 1.63. The summed E-state index contributed by atoms with van der Waals surface area (Å²) in [6.45, 7) is 9.00. The number of aromatic nitrogens is 1. The van der Waals surface area contributed by atoms with Crippen molar-refractivity contribution in [1.29, 1.82) is 5.26 Å². The van der Waals surface area contributed by atoms with Gasteiger partial charge in [-0.2, -0.15) is 5.26 Å². The molecule has 5 nitrogen and oxygen atoms in total. The molecule has 1 saturated heterocycles. The number of thiazole rings is 1. The highest BCUT2D eigenvalue weighted by Gasteiger charge is 2.18. The fourth-order valence-corrected chi connectivity index (χ4v) is 3.15. The molecule has 0 amide bonds. The summed E-state index contributed by atoms with van der Waals surface area (Å²) in [6, 6.07) is 2.20. The van der Waals surface area contributed by atoms with Gasteiger partial charge >= 0.3 is 0 Å². The molecule has 2 rings (SSSR count). The zero-order chi connectivity index (χ0) is 13.7. The highest BCUT2D eigenvalue weighted by Crippen LogP contribution is 2.20. The third-order valence-corrected chi connectivity index (χ3v) is 4.38. The predicted molar refractivity (Wildman–Crippen MR) is 74.9 cm³/mol. The zero-order valence-corrected chi connectivity index (χ0v) is 12.4. The molecule has 0 aliphatic carbocycles. The van der Waals surface area contributed by atoms with Crippen LogP contribution in [0.5, 0.6) is 0 Å². The number of nitriles is 1. The monoisotopic (exact) mass is 280 g/mol. The van der Waals surface area contributed by atoms with Crippen LogP contribution in [0.2, 0.25) is 0 Å². The van der Waals surface area contributed by atoms with Gasteiger partial charge in [0.15, 0.2) is 0 Å². The van der Waals surface area contributed by atoms with Crippen molar-refractivity contribution in [2.45, 2.75) is 20.1 Å². The second-order valence-electron chi connectivity index (χ2n) is 4.64. The van der Waals surface area contributed by atoms with Crippen LogP contribution in [0.4, 0.5) is 0 Å². The van der Waals surface area contributed by atoms with Crippen molar-refractivity contribution in [2.24, 2.45) is 0 Å². The van der Waals surface area contributed by atoms with Gasteiger partial charge in [0.25, 0.3) is 0 Å². The van der Waals surface area contributed by atoms with Crippen LogP contribution in [0, 0.1) is 11.3 Å². The molecule has 1 aromatic rings. The van der Waals surface area contributed by atoms with Gasteiger partial charge in [-0.15, -0.1) is 11.3 Å². The lowest BCUT2D eigenvalue weighted by molar-refractivity contribution is 0.131. The molecule has 1 fully saturated rings. The van der Waals surface area contributed by atoms with Crippen LogP contribution in [0.3, 0.4) is 0 Å². The fraction of sp³-hybridized carbons (Fsp3) is 0.692. The van der Waals surface area contributed by atoms with Gasteiger partial charge < -0.3 is 9.64 Å². The van der Waals surface area contributed by atoms with Crippen molar-refractivity contribution in [3.8, 4) is 6.07 Å². The van der Waals surface area contributed by atoms with Crippen LogP contribution in [0.1, 0.15) is 22.5 Å². The highest BCUT2D eigenvalue weighted by molar-refractivity contribution is 7.12. The summed E-state index contributed by atoms with van der Waals surface area (Å²) in [6.07, 6.45) is 0. The first-order valence-corrected chi connectivity index (χ1v) is 7.40. The van der Waals surface area contributed by atoms with E-state index in [0.29, 0.717) is 11.5 Å². The van der Waals surface area contributed by atoms with E-state index in [4.69, 9.17) is 10.00 Å². The Bertz CT molecular complexity index is 446. The van der Waals surface area contributed by atoms with Crippen molar-refractivity contribution in [3.63, 3.8) is 0 Å². The van der Waals surface area contributed by atoms with Crippen LogP contribution in [0.25, 0.3) is 0 Å². The zero-order valence-electron chi connectivity index (χ0n) is 11.6. The quantitative estimate of drug-likeness (QED) is 0.813. The topological polar surface area (TPSA) is 52.4 Å². The van der Waals surface area contributed by atoms with Crippen LogP contribution < -0.4 is 0 Å². The molecule has 0 N–H and O–H groups in total. The van der Waals surface area contributed by atoms with Gasteiger partial charge in [-0.3, -0.25) is 4.90 Å². The minimum Gasteiger partial charge on any atom is -0.378 e. The van der Waals surface area contributed by atoms with Crippen molar-refractivity contribution in [2.75, 3.05) is 39.8 Å². The number of hydrogen-bond donors (Lipinski definition) is 0. The number of ether oxygens (including phenoxy) is 1. The van der Waals surface area contributed by atoms with Crippen molar-refractivity contribution in [3.05, 3.63) is 15.6 Å². The highest BCUT2D eigenvalue weighted by atomic mass is 32.1. The van der Waals surface area contributed by atoms with Gasteiger partial charge in [0.2, 0.25) is 0 Å². The van der Waals surface area contributed by atoms with Crippen molar-refractivity contribution >= 4 is 11.3 Å². The fourth-order valence-electron chi connectivity index (χ4n) is 2.25. The van der Waals surface area contributed by atoms with E-state index in [2.05, 4.69) is 27.8 Å². The van der Waals surface area contributed by atoms with E-state index in [9.17, 15) is 0 Å². The summed E-state index contributed by atoms with van der Waals surface area (Å²) < 4.78 is 5.08. The van der Waals surface area contributed by atoms with E-state index in [-0.39, 0.29) is 0 Å². The Morgan fingerprint density at radius 3 is 2.58 bits per heavy atom. The van der Waals surface area contributed by atoms with Gasteiger partial charge in [-0.05, 0) is 6.54 Å². The van der Waals surface area contributed by atoms with Gasteiger partial charge in [0.05, 0.1) is 18.8 Å². The Hall–Kier alpha value is -1.00. The Morgan fingerprint density at radius 1 is 1.32 bits per heavy atom. The largest absolute Gasteiger partial charge is 0.378 e. The van der Waals surface area contributed by atoms with Crippen LogP contribution >= 0.6 is 11.3 Å². The molecule has 0 atom stereocenters. The smallest absolute Gasteiger partial charge is 0.130 e. The molecule has 1 aliphatic heterocycles. The first-order chi connectivity index (χ1) is 9.26. The molecule has 0 spiro atoms. The molecule has 0 unspecified atom stereocenters. The Labute approximate surface area is 118 Å². The van der Waals surface area contributed by atoms with E-state index in [1.165, 1.54) is 11.3 Å². The number of nitrogens with zero attached hydrogens (tertiary/aromatic N) is 4. The number of methoxy groups -OCH3 is 1. The Morgan fingerprint density at radius 2 is 2.00 bits per heavy atom. The minimum absolute atomic E-state index is 0.420. The first-order valence-electron chi connectivity index (χ1n) is 6.59. The Balaban J connectivity index is 1.94. The van der Waals surface area contributed by atoms with Gasteiger partial charge in [0, 0.05) is 33.3 Å². The molecule has 0 bridgehead atoms. The maximum atomic E-state index is 9.08. The van der Waals surface area contributed by atoms with E-state index in [1.54, 1.807) is 7.11 Å². The average molecular weight is 280 g/mol. The van der Waals surface area contributed by atoms with E-state index in [0.717, 1.165) is 50.0 Å².